The quantitative estimate of drug-likeness (QED) is 0.830. The van der Waals surface area contributed by atoms with Crippen molar-refractivity contribution >= 4 is 11.6 Å². The maximum absolute atomic E-state index is 12.3. The average molecular weight is 279 g/mol. The second-order valence-corrected chi connectivity index (χ2v) is 4.74. The van der Waals surface area contributed by atoms with E-state index in [1.807, 2.05) is 32.0 Å². The zero-order valence-electron chi connectivity index (χ0n) is 12.1. The average Bonchev–Trinajstić information content (AvgIpc) is 2.50. The lowest BCUT2D eigenvalue weighted by molar-refractivity contribution is 0.102. The van der Waals surface area contributed by atoms with Gasteiger partial charge in [0.15, 0.2) is 0 Å². The van der Waals surface area contributed by atoms with Gasteiger partial charge in [-0.25, -0.2) is 0 Å². The minimum absolute atomic E-state index is 0.170. The van der Waals surface area contributed by atoms with Crippen molar-refractivity contribution in [3.05, 3.63) is 64.7 Å². The lowest BCUT2D eigenvalue weighted by atomic mass is 10.1. The number of hydrogen-bond acceptors (Lipinski definition) is 2. The number of hydrogen-bond donors (Lipinski definition) is 2. The van der Waals surface area contributed by atoms with Crippen molar-refractivity contribution in [2.75, 3.05) is 11.9 Å². The maximum Gasteiger partial charge on any atom is 0.255 e. The van der Waals surface area contributed by atoms with Crippen LogP contribution >= 0.6 is 0 Å². The highest BCUT2D eigenvalue weighted by Gasteiger charge is 2.08. The number of rotatable bonds is 2. The molecule has 2 aromatic carbocycles. The number of benzene rings is 2. The summed E-state index contributed by atoms with van der Waals surface area (Å²) >= 11 is 0. The van der Waals surface area contributed by atoms with Crippen LogP contribution in [0.5, 0.6) is 0 Å². The van der Waals surface area contributed by atoms with Crippen molar-refractivity contribution < 1.29 is 9.90 Å². The van der Waals surface area contributed by atoms with Gasteiger partial charge in [0.1, 0.15) is 6.61 Å². The summed E-state index contributed by atoms with van der Waals surface area (Å²) in [5.74, 6) is 5.19. The standard InChI is InChI=1S/C18H17NO2/c1-13-6-3-10-17(14(13)2)19-18(21)16-9-4-7-15(12-16)8-5-11-20/h3-4,6-7,9-10,12,20H,11H2,1-2H3,(H,19,21). The minimum Gasteiger partial charge on any atom is -0.384 e. The summed E-state index contributed by atoms with van der Waals surface area (Å²) in [6.07, 6.45) is 0. The Bertz CT molecular complexity index is 723. The van der Waals surface area contributed by atoms with Gasteiger partial charge < -0.3 is 10.4 Å². The molecule has 106 valence electrons. The summed E-state index contributed by atoms with van der Waals surface area (Å²) in [7, 11) is 0. The largest absolute Gasteiger partial charge is 0.384 e. The van der Waals surface area contributed by atoms with Gasteiger partial charge in [-0.05, 0) is 49.2 Å². The lowest BCUT2D eigenvalue weighted by Crippen LogP contribution is -2.13. The van der Waals surface area contributed by atoms with E-state index >= 15 is 0 Å². The Labute approximate surface area is 124 Å². The molecule has 2 rings (SSSR count). The Morgan fingerprint density at radius 3 is 2.71 bits per heavy atom. The monoisotopic (exact) mass is 279 g/mol. The molecule has 0 saturated carbocycles. The van der Waals surface area contributed by atoms with E-state index in [0.29, 0.717) is 11.1 Å². The topological polar surface area (TPSA) is 49.3 Å². The molecule has 0 atom stereocenters. The van der Waals surface area contributed by atoms with Crippen molar-refractivity contribution in [3.8, 4) is 11.8 Å². The number of nitrogens with one attached hydrogen (secondary N) is 1. The van der Waals surface area contributed by atoms with Crippen molar-refractivity contribution in [1.29, 1.82) is 0 Å². The fraction of sp³-hybridized carbons (Fsp3) is 0.167. The molecule has 21 heavy (non-hydrogen) atoms. The van der Waals surface area contributed by atoms with Gasteiger partial charge in [0.05, 0.1) is 0 Å². The number of anilines is 1. The number of carbonyl (C=O) groups is 1. The van der Waals surface area contributed by atoms with Gasteiger partial charge in [-0.2, -0.15) is 0 Å². The molecule has 0 unspecified atom stereocenters. The molecular weight excluding hydrogens is 262 g/mol. The summed E-state index contributed by atoms with van der Waals surface area (Å²) in [6.45, 7) is 3.79. The number of aliphatic hydroxyl groups is 1. The molecule has 2 N–H and O–H groups in total. The molecule has 3 heteroatoms. The number of aliphatic hydroxyl groups excluding tert-OH is 1. The third-order valence-electron chi connectivity index (χ3n) is 3.29. The van der Waals surface area contributed by atoms with E-state index in [1.54, 1.807) is 24.3 Å². The lowest BCUT2D eigenvalue weighted by Gasteiger charge is -2.10. The summed E-state index contributed by atoms with van der Waals surface area (Å²) in [4.78, 5) is 12.3. The molecule has 3 nitrogen and oxygen atoms in total. The first kappa shape index (κ1) is 14.8. The molecule has 0 aliphatic rings. The second-order valence-electron chi connectivity index (χ2n) is 4.74. The zero-order valence-corrected chi connectivity index (χ0v) is 12.1. The first-order chi connectivity index (χ1) is 10.1. The van der Waals surface area contributed by atoms with E-state index in [4.69, 9.17) is 5.11 Å². The fourth-order valence-electron chi connectivity index (χ4n) is 1.96. The van der Waals surface area contributed by atoms with Gasteiger partial charge in [-0.3, -0.25) is 4.79 Å². The number of carbonyl (C=O) groups excluding carboxylic acids is 1. The van der Waals surface area contributed by atoms with E-state index in [9.17, 15) is 4.79 Å². The number of amides is 1. The molecule has 0 spiro atoms. The van der Waals surface area contributed by atoms with Crippen LogP contribution in [-0.2, 0) is 0 Å². The van der Waals surface area contributed by atoms with Crippen LogP contribution in [0.15, 0.2) is 42.5 Å². The molecule has 0 bridgehead atoms. The first-order valence-electron chi connectivity index (χ1n) is 6.69. The van der Waals surface area contributed by atoms with Gasteiger partial charge in [0.2, 0.25) is 0 Å². The van der Waals surface area contributed by atoms with Crippen LogP contribution in [-0.4, -0.2) is 17.6 Å². The maximum atomic E-state index is 12.3. The molecule has 2 aromatic rings. The Morgan fingerprint density at radius 1 is 1.19 bits per heavy atom. The smallest absolute Gasteiger partial charge is 0.255 e. The van der Waals surface area contributed by atoms with Crippen LogP contribution in [0.25, 0.3) is 0 Å². The van der Waals surface area contributed by atoms with Crippen LogP contribution in [0.2, 0.25) is 0 Å². The van der Waals surface area contributed by atoms with Crippen LogP contribution in [0, 0.1) is 25.7 Å². The van der Waals surface area contributed by atoms with Crippen molar-refractivity contribution in [1.82, 2.24) is 0 Å². The van der Waals surface area contributed by atoms with Gasteiger partial charge in [0, 0.05) is 16.8 Å². The Morgan fingerprint density at radius 2 is 1.95 bits per heavy atom. The van der Waals surface area contributed by atoms with Crippen LogP contribution in [0.4, 0.5) is 5.69 Å². The van der Waals surface area contributed by atoms with E-state index in [1.165, 1.54) is 0 Å². The van der Waals surface area contributed by atoms with Crippen LogP contribution in [0.1, 0.15) is 27.0 Å². The van der Waals surface area contributed by atoms with E-state index < -0.39 is 0 Å². The highest BCUT2D eigenvalue weighted by atomic mass is 16.2. The molecular formula is C18H17NO2. The summed E-state index contributed by atoms with van der Waals surface area (Å²) in [5, 5.41) is 11.6. The molecule has 0 heterocycles. The Kier molecular flexibility index (Phi) is 4.76. The normalized spacial score (nSPS) is 9.67. The molecule has 0 saturated heterocycles. The van der Waals surface area contributed by atoms with Gasteiger partial charge in [-0.15, -0.1) is 0 Å². The number of aryl methyl sites for hydroxylation is 1. The zero-order chi connectivity index (χ0) is 15.2. The van der Waals surface area contributed by atoms with Gasteiger partial charge in [-0.1, -0.05) is 30.0 Å². The molecule has 0 radical (unpaired) electrons. The van der Waals surface area contributed by atoms with Crippen LogP contribution in [0.3, 0.4) is 0 Å². The third-order valence-corrected chi connectivity index (χ3v) is 3.29. The van der Waals surface area contributed by atoms with Crippen molar-refractivity contribution in [2.24, 2.45) is 0 Å². The molecule has 0 aliphatic carbocycles. The Balaban J connectivity index is 2.22. The molecule has 0 aliphatic heterocycles. The van der Waals surface area contributed by atoms with Crippen molar-refractivity contribution in [3.63, 3.8) is 0 Å². The third kappa shape index (κ3) is 3.71. The molecule has 0 aromatic heterocycles. The predicted molar refractivity (Wildman–Crippen MR) is 84.3 cm³/mol. The minimum atomic E-state index is -0.196. The van der Waals surface area contributed by atoms with Crippen LogP contribution < -0.4 is 5.32 Å². The predicted octanol–water partition coefficient (Wildman–Crippen LogP) is 2.90. The summed E-state index contributed by atoms with van der Waals surface area (Å²) < 4.78 is 0. The highest BCUT2D eigenvalue weighted by molar-refractivity contribution is 6.04. The second kappa shape index (κ2) is 6.74. The molecule has 0 fully saturated rings. The van der Waals surface area contributed by atoms with E-state index in [0.717, 1.165) is 16.8 Å². The SMILES string of the molecule is Cc1cccc(NC(=O)c2cccc(C#CCO)c2)c1C. The van der Waals surface area contributed by atoms with E-state index in [2.05, 4.69) is 17.2 Å². The fourth-order valence-corrected chi connectivity index (χ4v) is 1.96. The van der Waals surface area contributed by atoms with Gasteiger partial charge in [0.25, 0.3) is 5.91 Å². The summed E-state index contributed by atoms with van der Waals surface area (Å²) in [5.41, 5.74) is 4.25. The first-order valence-corrected chi connectivity index (χ1v) is 6.69. The van der Waals surface area contributed by atoms with E-state index in [-0.39, 0.29) is 12.5 Å². The van der Waals surface area contributed by atoms with Crippen molar-refractivity contribution in [2.45, 2.75) is 13.8 Å². The highest BCUT2D eigenvalue weighted by Crippen LogP contribution is 2.19. The van der Waals surface area contributed by atoms with Gasteiger partial charge >= 0.3 is 0 Å². The summed E-state index contributed by atoms with van der Waals surface area (Å²) in [6, 6.07) is 12.8. The molecule has 1 amide bonds. The Hall–Kier alpha value is -2.57.